The summed E-state index contributed by atoms with van der Waals surface area (Å²) >= 11 is 1.21. The van der Waals surface area contributed by atoms with Gasteiger partial charge in [0.1, 0.15) is 9.90 Å². The monoisotopic (exact) mass is 478 g/mol. The van der Waals surface area contributed by atoms with Crippen molar-refractivity contribution >= 4 is 27.3 Å². The molecule has 1 aliphatic heterocycles. The van der Waals surface area contributed by atoms with Crippen molar-refractivity contribution in [1.29, 1.82) is 0 Å². The van der Waals surface area contributed by atoms with Crippen LogP contribution in [0, 0.1) is 0 Å². The van der Waals surface area contributed by atoms with Crippen LogP contribution >= 0.6 is 11.3 Å². The molecule has 0 radical (unpaired) electrons. The van der Waals surface area contributed by atoms with E-state index in [0.717, 1.165) is 11.3 Å². The van der Waals surface area contributed by atoms with Crippen LogP contribution in [0.1, 0.15) is 10.4 Å². The van der Waals surface area contributed by atoms with Gasteiger partial charge in [-0.3, -0.25) is 4.79 Å². The molecule has 0 N–H and O–H groups in total. The number of nitrogens with zero attached hydrogens (tertiary/aromatic N) is 4. The quantitative estimate of drug-likeness (QED) is 0.438. The minimum absolute atomic E-state index is 0.149. The molecule has 5 rings (SSSR count). The van der Waals surface area contributed by atoms with Gasteiger partial charge in [0.2, 0.25) is 0 Å². The number of thiophene rings is 1. The maximum Gasteiger partial charge on any atom is 0.257 e. The molecule has 4 aromatic rings. The van der Waals surface area contributed by atoms with Crippen LogP contribution in [0.2, 0.25) is 0 Å². The zero-order valence-corrected chi connectivity index (χ0v) is 19.4. The number of piperazine rings is 1. The zero-order chi connectivity index (χ0) is 22.8. The molecule has 0 spiro atoms. The van der Waals surface area contributed by atoms with Crippen LogP contribution in [-0.4, -0.2) is 59.5 Å². The van der Waals surface area contributed by atoms with E-state index < -0.39 is 10.0 Å². The molecule has 0 unspecified atom stereocenters. The normalized spacial score (nSPS) is 15.0. The molecule has 33 heavy (non-hydrogen) atoms. The minimum Gasteiger partial charge on any atom is -0.336 e. The van der Waals surface area contributed by atoms with E-state index in [0.29, 0.717) is 28.6 Å². The number of carbonyl (C=O) groups excluding carboxylic acids is 1. The third kappa shape index (κ3) is 4.22. The lowest BCUT2D eigenvalue weighted by Gasteiger charge is -2.33. The lowest BCUT2D eigenvalue weighted by Crippen LogP contribution is -2.50. The molecule has 7 nitrogen and oxygen atoms in total. The van der Waals surface area contributed by atoms with Crippen LogP contribution < -0.4 is 0 Å². The third-order valence-electron chi connectivity index (χ3n) is 5.63. The van der Waals surface area contributed by atoms with Crippen LogP contribution in [0.5, 0.6) is 0 Å². The minimum atomic E-state index is -3.52. The highest BCUT2D eigenvalue weighted by molar-refractivity contribution is 7.91. The second kappa shape index (κ2) is 8.93. The summed E-state index contributed by atoms with van der Waals surface area (Å²) in [5.74, 6) is -0.149. The summed E-state index contributed by atoms with van der Waals surface area (Å²) < 4.78 is 29.1. The predicted molar refractivity (Wildman–Crippen MR) is 128 cm³/mol. The van der Waals surface area contributed by atoms with Crippen molar-refractivity contribution in [1.82, 2.24) is 19.0 Å². The van der Waals surface area contributed by atoms with Gasteiger partial charge in [-0.05, 0) is 23.6 Å². The number of hydrogen-bond acceptors (Lipinski definition) is 5. The number of rotatable bonds is 5. The van der Waals surface area contributed by atoms with Gasteiger partial charge in [-0.1, -0.05) is 54.6 Å². The summed E-state index contributed by atoms with van der Waals surface area (Å²) in [6.07, 6.45) is 1.76. The molecular formula is C24H22N4O3S2. The smallest absolute Gasteiger partial charge is 0.257 e. The van der Waals surface area contributed by atoms with Gasteiger partial charge in [0.15, 0.2) is 0 Å². The van der Waals surface area contributed by atoms with E-state index in [1.165, 1.54) is 15.6 Å². The molecule has 1 amide bonds. The van der Waals surface area contributed by atoms with Crippen LogP contribution in [0.15, 0.2) is 88.6 Å². The van der Waals surface area contributed by atoms with Crippen LogP contribution in [0.3, 0.4) is 0 Å². The second-order valence-electron chi connectivity index (χ2n) is 7.67. The Balaban J connectivity index is 1.41. The fraction of sp³-hybridized carbons (Fsp3) is 0.167. The highest BCUT2D eigenvalue weighted by Crippen LogP contribution is 2.26. The van der Waals surface area contributed by atoms with E-state index in [1.54, 1.807) is 33.3 Å². The van der Waals surface area contributed by atoms with Gasteiger partial charge in [-0.25, -0.2) is 13.1 Å². The lowest BCUT2D eigenvalue weighted by atomic mass is 10.1. The predicted octanol–water partition coefficient (Wildman–Crippen LogP) is 3.75. The molecule has 2 aromatic carbocycles. The fourth-order valence-corrected chi connectivity index (χ4v) is 6.46. The van der Waals surface area contributed by atoms with Crippen LogP contribution in [0.25, 0.3) is 16.9 Å². The van der Waals surface area contributed by atoms with Crippen LogP contribution in [0.4, 0.5) is 0 Å². The van der Waals surface area contributed by atoms with Gasteiger partial charge in [-0.2, -0.15) is 9.40 Å². The van der Waals surface area contributed by atoms with Crippen molar-refractivity contribution in [2.75, 3.05) is 26.2 Å². The SMILES string of the molecule is O=C(c1cn(-c2ccccc2)nc1-c1ccccc1)N1CCN(S(=O)(=O)c2cccs2)CC1. The van der Waals surface area contributed by atoms with Crippen molar-refractivity contribution in [2.24, 2.45) is 0 Å². The molecule has 9 heteroatoms. The summed E-state index contributed by atoms with van der Waals surface area (Å²) in [4.78, 5) is 15.2. The number of benzene rings is 2. The van der Waals surface area contributed by atoms with E-state index in [4.69, 9.17) is 5.10 Å². The molecule has 0 bridgehead atoms. The topological polar surface area (TPSA) is 75.5 Å². The number of carbonyl (C=O) groups is 1. The number of amides is 1. The first kappa shape index (κ1) is 21.6. The van der Waals surface area contributed by atoms with Gasteiger partial charge in [0.05, 0.1) is 11.3 Å². The molecule has 2 aromatic heterocycles. The molecule has 0 saturated carbocycles. The molecule has 3 heterocycles. The van der Waals surface area contributed by atoms with E-state index in [1.807, 2.05) is 60.7 Å². The van der Waals surface area contributed by atoms with Crippen molar-refractivity contribution in [3.05, 3.63) is 89.9 Å². The Labute approximate surface area is 196 Å². The summed E-state index contributed by atoms with van der Waals surface area (Å²) in [5.41, 5.74) is 2.83. The Bertz CT molecular complexity index is 1340. The molecule has 0 aliphatic carbocycles. The van der Waals surface area contributed by atoms with Crippen molar-refractivity contribution in [2.45, 2.75) is 4.21 Å². The standard InChI is InChI=1S/C24H22N4O3S2/c29-24(26-13-15-27(16-14-26)33(30,31)22-12-7-17-32-22)21-18-28(20-10-5-2-6-11-20)25-23(21)19-8-3-1-4-9-19/h1-12,17-18H,13-16H2. The van der Waals surface area contributed by atoms with E-state index in [2.05, 4.69) is 0 Å². The van der Waals surface area contributed by atoms with E-state index in [-0.39, 0.29) is 19.0 Å². The number of sulfonamides is 1. The molecule has 1 saturated heterocycles. The zero-order valence-electron chi connectivity index (χ0n) is 17.7. The summed E-state index contributed by atoms with van der Waals surface area (Å²) in [7, 11) is -3.52. The summed E-state index contributed by atoms with van der Waals surface area (Å²) in [6.45, 7) is 1.18. The fourth-order valence-electron chi connectivity index (χ4n) is 3.89. The Hall–Kier alpha value is -3.27. The number of para-hydroxylation sites is 1. The molecule has 1 aliphatic rings. The highest BCUT2D eigenvalue weighted by atomic mass is 32.2. The van der Waals surface area contributed by atoms with Gasteiger partial charge in [0.25, 0.3) is 15.9 Å². The van der Waals surface area contributed by atoms with Crippen molar-refractivity contribution in [3.63, 3.8) is 0 Å². The Kier molecular flexibility index (Phi) is 5.84. The Morgan fingerprint density at radius 2 is 1.52 bits per heavy atom. The average molecular weight is 479 g/mol. The first-order chi connectivity index (χ1) is 16.0. The number of hydrogen-bond donors (Lipinski definition) is 0. The van der Waals surface area contributed by atoms with E-state index >= 15 is 0 Å². The third-order valence-corrected chi connectivity index (χ3v) is 8.90. The van der Waals surface area contributed by atoms with Crippen LogP contribution in [-0.2, 0) is 10.0 Å². The molecule has 0 atom stereocenters. The summed E-state index contributed by atoms with van der Waals surface area (Å²) in [6, 6.07) is 22.6. The van der Waals surface area contributed by atoms with Gasteiger partial charge >= 0.3 is 0 Å². The Morgan fingerprint density at radius 3 is 2.15 bits per heavy atom. The average Bonchev–Trinajstić information content (AvgIpc) is 3.56. The lowest BCUT2D eigenvalue weighted by molar-refractivity contribution is 0.0698. The Morgan fingerprint density at radius 1 is 0.848 bits per heavy atom. The maximum atomic E-state index is 13.5. The first-order valence-corrected chi connectivity index (χ1v) is 12.9. The van der Waals surface area contributed by atoms with Crippen molar-refractivity contribution < 1.29 is 13.2 Å². The highest BCUT2D eigenvalue weighted by Gasteiger charge is 2.32. The molecule has 1 fully saturated rings. The van der Waals surface area contributed by atoms with Gasteiger partial charge in [-0.15, -0.1) is 11.3 Å². The van der Waals surface area contributed by atoms with E-state index in [9.17, 15) is 13.2 Å². The molecular weight excluding hydrogens is 456 g/mol. The first-order valence-electron chi connectivity index (χ1n) is 10.6. The number of aromatic nitrogens is 2. The molecule has 168 valence electrons. The summed E-state index contributed by atoms with van der Waals surface area (Å²) in [5, 5.41) is 6.47. The van der Waals surface area contributed by atoms with Crippen molar-refractivity contribution in [3.8, 4) is 16.9 Å². The largest absolute Gasteiger partial charge is 0.336 e. The van der Waals surface area contributed by atoms with Gasteiger partial charge < -0.3 is 4.90 Å². The van der Waals surface area contributed by atoms with Gasteiger partial charge in [0, 0.05) is 37.9 Å². The second-order valence-corrected chi connectivity index (χ2v) is 10.8. The maximum absolute atomic E-state index is 13.5.